The summed E-state index contributed by atoms with van der Waals surface area (Å²) in [5, 5.41) is 0. The molecule has 0 atom stereocenters. The summed E-state index contributed by atoms with van der Waals surface area (Å²) >= 11 is 0. The molecule has 0 heterocycles. The summed E-state index contributed by atoms with van der Waals surface area (Å²) in [6.45, 7) is 6.28. The van der Waals surface area contributed by atoms with Crippen LogP contribution in [-0.2, 0) is 0 Å². The van der Waals surface area contributed by atoms with Crippen LogP contribution in [0.15, 0.2) is 61.2 Å². The first-order chi connectivity index (χ1) is 8.31. The molecule has 0 bridgehead atoms. The molecule has 2 aromatic rings. The van der Waals surface area contributed by atoms with Crippen LogP contribution in [0.1, 0.15) is 5.56 Å². The van der Waals surface area contributed by atoms with Crippen LogP contribution in [0, 0.1) is 6.92 Å². The maximum atomic E-state index is 5.65. The number of hydrogen-bond donors (Lipinski definition) is 0. The Bertz CT molecular complexity index is 497. The molecule has 0 amide bonds. The summed E-state index contributed by atoms with van der Waals surface area (Å²) in [4.78, 5) is 0. The van der Waals surface area contributed by atoms with Gasteiger partial charge in [0, 0.05) is 5.56 Å². The highest BCUT2D eigenvalue weighted by molar-refractivity contribution is 5.70. The van der Waals surface area contributed by atoms with Gasteiger partial charge in [0.25, 0.3) is 0 Å². The van der Waals surface area contributed by atoms with Gasteiger partial charge < -0.3 is 4.74 Å². The second-order valence-corrected chi connectivity index (χ2v) is 3.96. The third kappa shape index (κ3) is 2.76. The predicted molar refractivity (Wildman–Crippen MR) is 72.3 cm³/mol. The minimum absolute atomic E-state index is 0.531. The van der Waals surface area contributed by atoms with Gasteiger partial charge in [0.2, 0.25) is 0 Å². The Morgan fingerprint density at radius 3 is 2.47 bits per heavy atom. The molecule has 2 rings (SSSR count). The Balaban J connectivity index is 2.36. The summed E-state index contributed by atoms with van der Waals surface area (Å²) in [6.07, 6.45) is 1.76. The lowest BCUT2D eigenvalue weighted by Crippen LogP contribution is -1.94. The van der Waals surface area contributed by atoms with E-state index in [4.69, 9.17) is 4.74 Å². The SMILES string of the molecule is C=CCOc1ccccc1-c1ccc(C)cc1. The highest BCUT2D eigenvalue weighted by Gasteiger charge is 2.04. The Hall–Kier alpha value is -2.02. The zero-order valence-corrected chi connectivity index (χ0v) is 10.0. The molecule has 0 aromatic heterocycles. The van der Waals surface area contributed by atoms with Crippen LogP contribution in [0.5, 0.6) is 5.75 Å². The average Bonchev–Trinajstić information content (AvgIpc) is 2.38. The van der Waals surface area contributed by atoms with Gasteiger partial charge in [0.1, 0.15) is 12.4 Å². The number of para-hydroxylation sites is 1. The van der Waals surface area contributed by atoms with Gasteiger partial charge >= 0.3 is 0 Å². The molecule has 17 heavy (non-hydrogen) atoms. The minimum atomic E-state index is 0.531. The van der Waals surface area contributed by atoms with Crippen molar-refractivity contribution in [3.63, 3.8) is 0 Å². The molecule has 0 unspecified atom stereocenters. The molecule has 0 aliphatic heterocycles. The number of benzene rings is 2. The molecular formula is C16H16O. The van der Waals surface area contributed by atoms with E-state index in [1.807, 2.05) is 18.2 Å². The van der Waals surface area contributed by atoms with Crippen molar-refractivity contribution in [2.75, 3.05) is 6.61 Å². The lowest BCUT2D eigenvalue weighted by molar-refractivity contribution is 0.365. The van der Waals surface area contributed by atoms with Gasteiger partial charge in [0.15, 0.2) is 0 Å². The van der Waals surface area contributed by atoms with E-state index in [0.717, 1.165) is 11.3 Å². The Kier molecular flexibility index (Phi) is 3.61. The maximum Gasteiger partial charge on any atom is 0.127 e. The fourth-order valence-electron chi connectivity index (χ4n) is 1.71. The van der Waals surface area contributed by atoms with E-state index in [-0.39, 0.29) is 0 Å². The monoisotopic (exact) mass is 224 g/mol. The van der Waals surface area contributed by atoms with E-state index in [9.17, 15) is 0 Å². The third-order valence-electron chi connectivity index (χ3n) is 2.61. The van der Waals surface area contributed by atoms with E-state index < -0.39 is 0 Å². The normalized spacial score (nSPS) is 9.94. The van der Waals surface area contributed by atoms with Crippen LogP contribution in [-0.4, -0.2) is 6.61 Å². The second kappa shape index (κ2) is 5.35. The summed E-state index contributed by atoms with van der Waals surface area (Å²) < 4.78 is 5.65. The summed E-state index contributed by atoms with van der Waals surface area (Å²) in [5.41, 5.74) is 3.56. The molecule has 2 aromatic carbocycles. The van der Waals surface area contributed by atoms with Crippen LogP contribution >= 0.6 is 0 Å². The summed E-state index contributed by atoms with van der Waals surface area (Å²) in [7, 11) is 0. The molecule has 0 aliphatic carbocycles. The van der Waals surface area contributed by atoms with Crippen molar-refractivity contribution < 1.29 is 4.74 Å². The minimum Gasteiger partial charge on any atom is -0.489 e. The molecule has 86 valence electrons. The van der Waals surface area contributed by atoms with E-state index in [2.05, 4.69) is 43.8 Å². The zero-order valence-electron chi connectivity index (χ0n) is 10.0. The molecule has 0 radical (unpaired) electrons. The molecule has 0 aliphatic rings. The van der Waals surface area contributed by atoms with Crippen LogP contribution in [0.4, 0.5) is 0 Å². The van der Waals surface area contributed by atoms with E-state index in [1.165, 1.54) is 11.1 Å². The number of ether oxygens (including phenoxy) is 1. The quantitative estimate of drug-likeness (QED) is 0.706. The van der Waals surface area contributed by atoms with Crippen LogP contribution < -0.4 is 4.74 Å². The Morgan fingerprint density at radius 1 is 1.06 bits per heavy atom. The van der Waals surface area contributed by atoms with Gasteiger partial charge in [-0.25, -0.2) is 0 Å². The predicted octanol–water partition coefficient (Wildman–Crippen LogP) is 4.23. The van der Waals surface area contributed by atoms with Gasteiger partial charge in [0.05, 0.1) is 0 Å². The first kappa shape index (κ1) is 11.5. The van der Waals surface area contributed by atoms with Gasteiger partial charge in [-0.1, -0.05) is 60.7 Å². The van der Waals surface area contributed by atoms with Crippen molar-refractivity contribution in [2.45, 2.75) is 6.92 Å². The largest absolute Gasteiger partial charge is 0.489 e. The van der Waals surface area contributed by atoms with Gasteiger partial charge in [-0.3, -0.25) is 0 Å². The highest BCUT2D eigenvalue weighted by Crippen LogP contribution is 2.29. The first-order valence-corrected chi connectivity index (χ1v) is 5.71. The molecule has 0 N–H and O–H groups in total. The molecule has 1 nitrogen and oxygen atoms in total. The van der Waals surface area contributed by atoms with Crippen molar-refractivity contribution >= 4 is 0 Å². The molecule has 0 fully saturated rings. The van der Waals surface area contributed by atoms with Crippen LogP contribution in [0.3, 0.4) is 0 Å². The van der Waals surface area contributed by atoms with E-state index in [0.29, 0.717) is 6.61 Å². The molecule has 1 heteroatoms. The molecule has 0 spiro atoms. The Morgan fingerprint density at radius 2 is 1.76 bits per heavy atom. The summed E-state index contributed by atoms with van der Waals surface area (Å²) in [6, 6.07) is 16.5. The second-order valence-electron chi connectivity index (χ2n) is 3.96. The summed E-state index contributed by atoms with van der Waals surface area (Å²) in [5.74, 6) is 0.899. The first-order valence-electron chi connectivity index (χ1n) is 5.71. The van der Waals surface area contributed by atoms with Gasteiger partial charge in [-0.2, -0.15) is 0 Å². The third-order valence-corrected chi connectivity index (χ3v) is 2.61. The van der Waals surface area contributed by atoms with E-state index in [1.54, 1.807) is 6.08 Å². The molecule has 0 saturated carbocycles. The van der Waals surface area contributed by atoms with Crippen molar-refractivity contribution in [2.24, 2.45) is 0 Å². The maximum absolute atomic E-state index is 5.65. The molecule has 0 saturated heterocycles. The van der Waals surface area contributed by atoms with Crippen LogP contribution in [0.25, 0.3) is 11.1 Å². The van der Waals surface area contributed by atoms with Crippen molar-refractivity contribution in [3.8, 4) is 16.9 Å². The fourth-order valence-corrected chi connectivity index (χ4v) is 1.71. The number of rotatable bonds is 4. The lowest BCUT2D eigenvalue weighted by Gasteiger charge is -2.10. The lowest BCUT2D eigenvalue weighted by atomic mass is 10.0. The highest BCUT2D eigenvalue weighted by atomic mass is 16.5. The number of hydrogen-bond acceptors (Lipinski definition) is 1. The Labute approximate surface area is 102 Å². The van der Waals surface area contributed by atoms with Crippen LogP contribution in [0.2, 0.25) is 0 Å². The fraction of sp³-hybridized carbons (Fsp3) is 0.125. The number of aryl methyl sites for hydroxylation is 1. The van der Waals surface area contributed by atoms with Crippen molar-refractivity contribution in [1.29, 1.82) is 0 Å². The van der Waals surface area contributed by atoms with Gasteiger partial charge in [-0.15, -0.1) is 0 Å². The standard InChI is InChI=1S/C16H16O/c1-3-12-17-16-7-5-4-6-15(16)14-10-8-13(2)9-11-14/h3-11H,1,12H2,2H3. The molecular weight excluding hydrogens is 208 g/mol. The average molecular weight is 224 g/mol. The zero-order chi connectivity index (χ0) is 12.1. The smallest absolute Gasteiger partial charge is 0.127 e. The van der Waals surface area contributed by atoms with Crippen molar-refractivity contribution in [1.82, 2.24) is 0 Å². The van der Waals surface area contributed by atoms with Gasteiger partial charge in [-0.05, 0) is 18.6 Å². The topological polar surface area (TPSA) is 9.23 Å². The van der Waals surface area contributed by atoms with E-state index >= 15 is 0 Å². The van der Waals surface area contributed by atoms with Crippen molar-refractivity contribution in [3.05, 3.63) is 66.7 Å².